The molecule has 0 amide bonds. The maximum absolute atomic E-state index is 12.6. The first-order chi connectivity index (χ1) is 11.1. The van der Waals surface area contributed by atoms with Crippen molar-refractivity contribution in [2.45, 2.75) is 12.8 Å². The Morgan fingerprint density at radius 3 is 2.57 bits per heavy atom. The van der Waals surface area contributed by atoms with Crippen LogP contribution in [-0.4, -0.2) is 15.4 Å². The summed E-state index contributed by atoms with van der Waals surface area (Å²) in [6.07, 6.45) is 4.18. The summed E-state index contributed by atoms with van der Waals surface area (Å²) in [5, 5.41) is 17.1. The summed E-state index contributed by atoms with van der Waals surface area (Å²) in [4.78, 5) is 12.6. The van der Waals surface area contributed by atoms with Crippen molar-refractivity contribution in [1.82, 2.24) is 4.57 Å². The monoisotopic (exact) mass is 306 g/mol. The van der Waals surface area contributed by atoms with E-state index in [1.54, 1.807) is 17.7 Å². The van der Waals surface area contributed by atoms with Crippen LogP contribution in [-0.2, 0) is 13.5 Å². The van der Waals surface area contributed by atoms with Crippen LogP contribution >= 0.6 is 0 Å². The molecule has 2 aromatic rings. The third-order valence-corrected chi connectivity index (χ3v) is 4.06. The number of aliphatic hydroxyl groups excluding tert-OH is 1. The molecule has 0 saturated heterocycles. The zero-order valence-electron chi connectivity index (χ0n) is 12.9. The van der Waals surface area contributed by atoms with Gasteiger partial charge in [0.2, 0.25) is 0 Å². The van der Waals surface area contributed by atoms with Crippen molar-refractivity contribution < 1.29 is 5.11 Å². The first-order valence-corrected chi connectivity index (χ1v) is 7.47. The highest BCUT2D eigenvalue weighted by Gasteiger charge is 2.14. The minimum Gasteiger partial charge on any atom is -0.506 e. The number of hydrogen-bond acceptors (Lipinski definition) is 3. The molecule has 116 valence electrons. The van der Waals surface area contributed by atoms with Gasteiger partial charge in [-0.2, -0.15) is 0 Å². The molecule has 0 saturated carbocycles. The fourth-order valence-corrected chi connectivity index (χ4v) is 2.76. The van der Waals surface area contributed by atoms with Gasteiger partial charge in [-0.05, 0) is 24.1 Å². The van der Waals surface area contributed by atoms with Crippen LogP contribution in [0.15, 0.2) is 70.7 Å². The Bertz CT molecular complexity index is 874. The number of rotatable bonds is 3. The van der Waals surface area contributed by atoms with Crippen LogP contribution in [0.25, 0.3) is 11.3 Å². The molecule has 4 nitrogen and oxygen atoms in total. The van der Waals surface area contributed by atoms with Gasteiger partial charge in [-0.25, -0.2) is 0 Å². The van der Waals surface area contributed by atoms with Gasteiger partial charge in [-0.3, -0.25) is 4.79 Å². The molecule has 0 aliphatic heterocycles. The number of aromatic nitrogens is 1. The van der Waals surface area contributed by atoms with Crippen LogP contribution in [0.5, 0.6) is 0 Å². The molecular weight excluding hydrogens is 288 g/mol. The second kappa shape index (κ2) is 6.08. The largest absolute Gasteiger partial charge is 0.506 e. The van der Waals surface area contributed by atoms with Crippen molar-refractivity contribution in [3.05, 3.63) is 81.9 Å². The van der Waals surface area contributed by atoms with Crippen molar-refractivity contribution in [1.29, 1.82) is 5.41 Å². The first kappa shape index (κ1) is 15.0. The fourth-order valence-electron chi connectivity index (χ4n) is 2.76. The summed E-state index contributed by atoms with van der Waals surface area (Å²) in [6.45, 7) is 0. The van der Waals surface area contributed by atoms with Gasteiger partial charge < -0.3 is 15.1 Å². The van der Waals surface area contributed by atoms with Crippen molar-refractivity contribution in [2.24, 2.45) is 7.05 Å². The third kappa shape index (κ3) is 3.01. The third-order valence-electron chi connectivity index (χ3n) is 4.06. The second-order valence-electron chi connectivity index (χ2n) is 5.68. The molecule has 1 aromatic heterocycles. The smallest absolute Gasteiger partial charge is 0.254 e. The zero-order valence-corrected chi connectivity index (χ0v) is 12.9. The summed E-state index contributed by atoms with van der Waals surface area (Å²) in [5.74, 6) is 0.000998. The van der Waals surface area contributed by atoms with Crippen molar-refractivity contribution in [3.8, 4) is 11.3 Å². The van der Waals surface area contributed by atoms with E-state index in [1.165, 1.54) is 6.08 Å². The molecule has 23 heavy (non-hydrogen) atoms. The predicted molar refractivity (Wildman–Crippen MR) is 92.0 cm³/mol. The Labute approximate surface area is 134 Å². The molecular formula is C19H18N2O2. The quantitative estimate of drug-likeness (QED) is 0.913. The van der Waals surface area contributed by atoms with Gasteiger partial charge in [-0.15, -0.1) is 0 Å². The molecule has 0 spiro atoms. The standard InChI is InChI=1S/C19H18N2O2/c1-21-17(14-5-3-2-4-6-14)9-8-15(19(21)23)11-13-7-10-18(22)16(20)12-13/h2-10,20,22H,11-12H2,1H3. The molecule has 1 aliphatic rings. The van der Waals surface area contributed by atoms with E-state index in [9.17, 15) is 9.90 Å². The molecule has 0 fully saturated rings. The number of allylic oxidation sites excluding steroid dienone is 4. The SMILES string of the molecule is Cn1c(-c2ccccc2)ccc(CC2=CC=C(O)C(=N)C2)c1=O. The lowest BCUT2D eigenvalue weighted by molar-refractivity contribution is 0.440. The van der Waals surface area contributed by atoms with Gasteiger partial charge in [-0.1, -0.05) is 48.0 Å². The predicted octanol–water partition coefficient (Wildman–Crippen LogP) is 3.39. The molecule has 0 radical (unpaired) electrons. The number of pyridine rings is 1. The Kier molecular flexibility index (Phi) is 3.98. The van der Waals surface area contributed by atoms with E-state index in [2.05, 4.69) is 0 Å². The summed E-state index contributed by atoms with van der Waals surface area (Å²) < 4.78 is 1.66. The van der Waals surface area contributed by atoms with E-state index >= 15 is 0 Å². The number of benzene rings is 1. The lowest BCUT2D eigenvalue weighted by Gasteiger charge is -2.14. The zero-order chi connectivity index (χ0) is 16.4. The highest BCUT2D eigenvalue weighted by Crippen LogP contribution is 2.20. The molecule has 0 atom stereocenters. The Balaban J connectivity index is 1.93. The maximum atomic E-state index is 12.6. The molecule has 1 heterocycles. The van der Waals surface area contributed by atoms with Gasteiger partial charge in [0.05, 0.1) is 11.4 Å². The van der Waals surface area contributed by atoms with Gasteiger partial charge in [0.1, 0.15) is 5.76 Å². The first-order valence-electron chi connectivity index (χ1n) is 7.47. The summed E-state index contributed by atoms with van der Waals surface area (Å²) >= 11 is 0. The highest BCUT2D eigenvalue weighted by atomic mass is 16.3. The number of nitrogens with one attached hydrogen (secondary N) is 1. The molecule has 1 aromatic carbocycles. The summed E-state index contributed by atoms with van der Waals surface area (Å²) in [6, 6.07) is 13.6. The number of aliphatic hydroxyl groups is 1. The van der Waals surface area contributed by atoms with Crippen LogP contribution in [0.4, 0.5) is 0 Å². The summed E-state index contributed by atoms with van der Waals surface area (Å²) in [7, 11) is 1.77. The fraction of sp³-hybridized carbons (Fsp3) is 0.158. The van der Waals surface area contributed by atoms with E-state index in [0.717, 1.165) is 16.8 Å². The van der Waals surface area contributed by atoms with Crippen LogP contribution < -0.4 is 5.56 Å². The number of nitrogens with zero attached hydrogens (tertiary/aromatic N) is 1. The molecule has 1 aliphatic carbocycles. The molecule has 3 rings (SSSR count). The molecule has 4 heteroatoms. The minimum absolute atomic E-state index is 0.000998. The lowest BCUT2D eigenvalue weighted by atomic mass is 9.96. The van der Waals surface area contributed by atoms with E-state index in [4.69, 9.17) is 5.41 Å². The minimum atomic E-state index is -0.0300. The maximum Gasteiger partial charge on any atom is 0.254 e. The van der Waals surface area contributed by atoms with Gasteiger partial charge in [0.15, 0.2) is 0 Å². The molecule has 0 bridgehead atoms. The van der Waals surface area contributed by atoms with Crippen molar-refractivity contribution in [2.75, 3.05) is 0 Å². The average Bonchev–Trinajstić information content (AvgIpc) is 2.56. The van der Waals surface area contributed by atoms with Gasteiger partial charge >= 0.3 is 0 Å². The van der Waals surface area contributed by atoms with E-state index in [0.29, 0.717) is 18.4 Å². The van der Waals surface area contributed by atoms with Gasteiger partial charge in [0, 0.05) is 19.0 Å². The Morgan fingerprint density at radius 2 is 1.87 bits per heavy atom. The van der Waals surface area contributed by atoms with Crippen LogP contribution in [0.1, 0.15) is 12.0 Å². The number of hydrogen-bond donors (Lipinski definition) is 2. The summed E-state index contributed by atoms with van der Waals surface area (Å²) in [5.41, 5.74) is 3.70. The average molecular weight is 306 g/mol. The van der Waals surface area contributed by atoms with Crippen molar-refractivity contribution in [3.63, 3.8) is 0 Å². The Hall–Kier alpha value is -2.88. The van der Waals surface area contributed by atoms with Crippen molar-refractivity contribution >= 4 is 5.71 Å². The molecule has 2 N–H and O–H groups in total. The highest BCUT2D eigenvalue weighted by molar-refractivity contribution is 5.98. The van der Waals surface area contributed by atoms with E-state index in [1.807, 2.05) is 42.5 Å². The van der Waals surface area contributed by atoms with Gasteiger partial charge in [0.25, 0.3) is 5.56 Å². The topological polar surface area (TPSA) is 66.1 Å². The lowest BCUT2D eigenvalue weighted by Crippen LogP contribution is -2.23. The van der Waals surface area contributed by atoms with Crippen LogP contribution in [0.3, 0.4) is 0 Å². The van der Waals surface area contributed by atoms with E-state index < -0.39 is 0 Å². The van der Waals surface area contributed by atoms with Crippen LogP contribution in [0, 0.1) is 5.41 Å². The van der Waals surface area contributed by atoms with Crippen LogP contribution in [0.2, 0.25) is 0 Å². The second-order valence-corrected chi connectivity index (χ2v) is 5.68. The normalized spacial score (nSPS) is 14.4. The van der Waals surface area contributed by atoms with E-state index in [-0.39, 0.29) is 17.0 Å². The Morgan fingerprint density at radius 1 is 1.13 bits per heavy atom. The molecule has 0 unspecified atom stereocenters.